The minimum atomic E-state index is -0.453. The molecule has 0 heterocycles. The Hall–Kier alpha value is -1.47. The Bertz CT molecular complexity index is 445. The Morgan fingerprint density at radius 2 is 2.00 bits per heavy atom. The van der Waals surface area contributed by atoms with Gasteiger partial charge in [-0.15, -0.1) is 11.8 Å². The quantitative estimate of drug-likeness (QED) is 0.774. The highest BCUT2D eigenvalue weighted by molar-refractivity contribution is 7.99. The summed E-state index contributed by atoms with van der Waals surface area (Å²) in [6.45, 7) is 5.53. The average molecular weight is 277 g/mol. The largest absolute Gasteiger partial charge is 0.459 e. The second-order valence-electron chi connectivity index (χ2n) is 5.19. The van der Waals surface area contributed by atoms with E-state index in [4.69, 9.17) is 10.00 Å². The highest BCUT2D eigenvalue weighted by Gasteiger charge is 2.17. The number of ether oxygens (including phenoxy) is 1. The monoisotopic (exact) mass is 277 g/mol. The zero-order valence-corrected chi connectivity index (χ0v) is 12.4. The molecular weight excluding hydrogens is 258 g/mol. The Balaban J connectivity index is 2.40. The van der Waals surface area contributed by atoms with E-state index in [0.29, 0.717) is 5.75 Å². The first-order valence-electron chi connectivity index (χ1n) is 6.16. The Kier molecular flexibility index (Phi) is 5.91. The third-order valence-electron chi connectivity index (χ3n) is 2.28. The van der Waals surface area contributed by atoms with Gasteiger partial charge in [0, 0.05) is 5.75 Å². The number of thioether (sulfide) groups is 1. The highest BCUT2D eigenvalue weighted by atomic mass is 32.2. The van der Waals surface area contributed by atoms with Crippen molar-refractivity contribution in [1.82, 2.24) is 0 Å². The van der Waals surface area contributed by atoms with E-state index < -0.39 is 5.60 Å². The van der Waals surface area contributed by atoms with Crippen molar-refractivity contribution in [3.05, 3.63) is 35.9 Å². The minimum Gasteiger partial charge on any atom is -0.459 e. The smallest absolute Gasteiger partial charge is 0.316 e. The summed E-state index contributed by atoms with van der Waals surface area (Å²) in [7, 11) is 0. The fourth-order valence-corrected chi connectivity index (χ4v) is 2.37. The van der Waals surface area contributed by atoms with Crippen molar-refractivity contribution in [2.24, 2.45) is 0 Å². The molecule has 0 bridgehead atoms. The van der Waals surface area contributed by atoms with Crippen LogP contribution in [0.25, 0.3) is 0 Å². The van der Waals surface area contributed by atoms with E-state index in [-0.39, 0.29) is 17.6 Å². The van der Waals surface area contributed by atoms with Crippen molar-refractivity contribution in [2.75, 3.05) is 11.5 Å². The third kappa shape index (κ3) is 6.30. The predicted molar refractivity (Wildman–Crippen MR) is 78.0 cm³/mol. The van der Waals surface area contributed by atoms with E-state index in [1.54, 1.807) is 0 Å². The van der Waals surface area contributed by atoms with Crippen LogP contribution in [0.15, 0.2) is 30.3 Å². The average Bonchev–Trinajstić information content (AvgIpc) is 2.33. The molecule has 0 saturated heterocycles. The normalized spacial score (nSPS) is 12.5. The van der Waals surface area contributed by atoms with Crippen molar-refractivity contribution >= 4 is 17.7 Å². The van der Waals surface area contributed by atoms with Gasteiger partial charge in [0.25, 0.3) is 0 Å². The Labute approximate surface area is 119 Å². The third-order valence-corrected chi connectivity index (χ3v) is 3.29. The molecule has 1 aromatic carbocycles. The van der Waals surface area contributed by atoms with Crippen molar-refractivity contribution < 1.29 is 9.53 Å². The maximum absolute atomic E-state index is 11.5. The van der Waals surface area contributed by atoms with Crippen LogP contribution < -0.4 is 0 Å². The summed E-state index contributed by atoms with van der Waals surface area (Å²) in [6.07, 6.45) is 0. The molecule has 0 spiro atoms. The first kappa shape index (κ1) is 15.6. The fourth-order valence-electron chi connectivity index (χ4n) is 1.52. The van der Waals surface area contributed by atoms with Gasteiger partial charge < -0.3 is 4.74 Å². The van der Waals surface area contributed by atoms with E-state index in [2.05, 4.69) is 6.07 Å². The fraction of sp³-hybridized carbons (Fsp3) is 0.467. The van der Waals surface area contributed by atoms with Crippen LogP contribution in [-0.2, 0) is 9.53 Å². The molecule has 0 amide bonds. The molecule has 19 heavy (non-hydrogen) atoms. The molecule has 1 rings (SSSR count). The molecule has 1 aromatic rings. The van der Waals surface area contributed by atoms with Gasteiger partial charge in [-0.1, -0.05) is 30.3 Å². The van der Waals surface area contributed by atoms with Gasteiger partial charge in [0.05, 0.1) is 17.7 Å². The standard InChI is InChI=1S/C15H19NO2S/c1-15(2,3)18-14(17)11-19-10-13(9-16)12-7-5-4-6-8-12/h4-8,13H,10-11H2,1-3H3. The molecule has 1 unspecified atom stereocenters. The maximum atomic E-state index is 11.5. The number of esters is 1. The van der Waals surface area contributed by atoms with Crippen molar-refractivity contribution in [3.8, 4) is 6.07 Å². The number of rotatable bonds is 5. The van der Waals surface area contributed by atoms with E-state index in [0.717, 1.165) is 5.56 Å². The van der Waals surface area contributed by atoms with Gasteiger partial charge in [-0.3, -0.25) is 4.79 Å². The zero-order valence-electron chi connectivity index (χ0n) is 11.6. The number of nitriles is 1. The Morgan fingerprint density at radius 1 is 1.37 bits per heavy atom. The lowest BCUT2D eigenvalue weighted by Gasteiger charge is -2.19. The number of benzene rings is 1. The van der Waals surface area contributed by atoms with Crippen LogP contribution in [0, 0.1) is 11.3 Å². The van der Waals surface area contributed by atoms with Crippen LogP contribution in [0.5, 0.6) is 0 Å². The van der Waals surface area contributed by atoms with Gasteiger partial charge in [0.1, 0.15) is 5.60 Å². The van der Waals surface area contributed by atoms with E-state index in [9.17, 15) is 4.79 Å². The van der Waals surface area contributed by atoms with E-state index in [1.807, 2.05) is 51.1 Å². The molecule has 3 nitrogen and oxygen atoms in total. The van der Waals surface area contributed by atoms with Crippen LogP contribution in [0.3, 0.4) is 0 Å². The van der Waals surface area contributed by atoms with Crippen LogP contribution in [0.4, 0.5) is 0 Å². The van der Waals surface area contributed by atoms with Gasteiger partial charge in [0.2, 0.25) is 0 Å². The molecule has 0 aliphatic carbocycles. The van der Waals surface area contributed by atoms with Crippen LogP contribution in [-0.4, -0.2) is 23.1 Å². The summed E-state index contributed by atoms with van der Waals surface area (Å²) in [5.41, 5.74) is 0.535. The summed E-state index contributed by atoms with van der Waals surface area (Å²) >= 11 is 1.43. The molecular formula is C15H19NO2S. The summed E-state index contributed by atoms with van der Waals surface area (Å²) in [5.74, 6) is 0.457. The number of carbonyl (C=O) groups excluding carboxylic acids is 1. The summed E-state index contributed by atoms with van der Waals surface area (Å²) in [5, 5.41) is 9.15. The number of hydrogen-bond acceptors (Lipinski definition) is 4. The summed E-state index contributed by atoms with van der Waals surface area (Å²) in [4.78, 5) is 11.5. The van der Waals surface area contributed by atoms with Crippen LogP contribution in [0.1, 0.15) is 32.3 Å². The zero-order chi connectivity index (χ0) is 14.3. The Morgan fingerprint density at radius 3 is 2.53 bits per heavy atom. The molecule has 0 saturated carbocycles. The lowest BCUT2D eigenvalue weighted by atomic mass is 10.0. The minimum absolute atomic E-state index is 0.186. The van der Waals surface area contributed by atoms with Crippen molar-refractivity contribution in [1.29, 1.82) is 5.26 Å². The second kappa shape index (κ2) is 7.20. The summed E-state index contributed by atoms with van der Waals surface area (Å²) in [6, 6.07) is 11.9. The van der Waals surface area contributed by atoms with Crippen molar-refractivity contribution in [3.63, 3.8) is 0 Å². The van der Waals surface area contributed by atoms with Crippen LogP contribution >= 0.6 is 11.8 Å². The lowest BCUT2D eigenvalue weighted by molar-refractivity contribution is -0.151. The first-order valence-corrected chi connectivity index (χ1v) is 7.32. The molecule has 0 fully saturated rings. The number of carbonyl (C=O) groups is 1. The second-order valence-corrected chi connectivity index (χ2v) is 6.22. The predicted octanol–water partition coefficient (Wildman–Crippen LogP) is 3.37. The van der Waals surface area contributed by atoms with Crippen molar-refractivity contribution in [2.45, 2.75) is 32.3 Å². The molecule has 0 aromatic heterocycles. The molecule has 1 atom stereocenters. The van der Waals surface area contributed by atoms with E-state index >= 15 is 0 Å². The van der Waals surface area contributed by atoms with Crippen LogP contribution in [0.2, 0.25) is 0 Å². The molecule has 0 radical (unpaired) electrons. The molecule has 0 aliphatic rings. The maximum Gasteiger partial charge on any atom is 0.316 e. The summed E-state index contributed by atoms with van der Waals surface area (Å²) < 4.78 is 5.22. The lowest BCUT2D eigenvalue weighted by Crippen LogP contribution is -2.25. The molecule has 102 valence electrons. The van der Waals surface area contributed by atoms with E-state index in [1.165, 1.54) is 11.8 Å². The number of nitrogens with zero attached hydrogens (tertiary/aromatic N) is 1. The number of hydrogen-bond donors (Lipinski definition) is 0. The highest BCUT2D eigenvalue weighted by Crippen LogP contribution is 2.20. The van der Waals surface area contributed by atoms with Gasteiger partial charge in [-0.2, -0.15) is 5.26 Å². The van der Waals surface area contributed by atoms with Gasteiger partial charge in [0.15, 0.2) is 0 Å². The SMILES string of the molecule is CC(C)(C)OC(=O)CSCC(C#N)c1ccccc1. The molecule has 0 aliphatic heterocycles. The van der Waals surface area contributed by atoms with Gasteiger partial charge >= 0.3 is 5.97 Å². The molecule has 4 heteroatoms. The topological polar surface area (TPSA) is 50.1 Å². The molecule has 0 N–H and O–H groups in total. The van der Waals surface area contributed by atoms with Gasteiger partial charge in [-0.05, 0) is 26.3 Å². The first-order chi connectivity index (χ1) is 8.92. The van der Waals surface area contributed by atoms with Gasteiger partial charge in [-0.25, -0.2) is 0 Å².